The third-order valence-corrected chi connectivity index (χ3v) is 3.57. The van der Waals surface area contributed by atoms with Gasteiger partial charge in [-0.3, -0.25) is 4.79 Å². The molecule has 17 heavy (non-hydrogen) atoms. The first-order valence-corrected chi connectivity index (χ1v) is 6.70. The van der Waals surface area contributed by atoms with Crippen molar-refractivity contribution in [2.24, 2.45) is 0 Å². The molecule has 0 aromatic carbocycles. The van der Waals surface area contributed by atoms with Gasteiger partial charge < -0.3 is 9.64 Å². The summed E-state index contributed by atoms with van der Waals surface area (Å²) in [5.41, 5.74) is -0.566. The zero-order valence-corrected chi connectivity index (χ0v) is 11.6. The molecule has 94 valence electrons. The smallest absolute Gasteiger partial charge is 0.264 e. The Kier molecular flexibility index (Phi) is 3.04. The number of thiophene rings is 1. The van der Waals surface area contributed by atoms with Crippen LogP contribution in [0.4, 0.5) is 0 Å². The zero-order chi connectivity index (χ0) is 12.7. The van der Waals surface area contributed by atoms with Crippen LogP contribution < -0.4 is 0 Å². The molecule has 1 aromatic rings. The van der Waals surface area contributed by atoms with E-state index in [0.29, 0.717) is 13.1 Å². The second-order valence-corrected chi connectivity index (χ2v) is 6.71. The van der Waals surface area contributed by atoms with Crippen LogP contribution in [-0.2, 0) is 4.74 Å². The van der Waals surface area contributed by atoms with Gasteiger partial charge in [-0.25, -0.2) is 0 Å². The lowest BCUT2D eigenvalue weighted by Crippen LogP contribution is -2.58. The van der Waals surface area contributed by atoms with Gasteiger partial charge in [0.2, 0.25) is 0 Å². The molecule has 1 aliphatic heterocycles. The minimum Gasteiger partial charge on any atom is -0.366 e. The van der Waals surface area contributed by atoms with Gasteiger partial charge in [0.1, 0.15) is 0 Å². The summed E-state index contributed by atoms with van der Waals surface area (Å²) in [5.74, 6) is 0.115. The highest BCUT2D eigenvalue weighted by atomic mass is 32.1. The lowest BCUT2D eigenvalue weighted by atomic mass is 9.99. The van der Waals surface area contributed by atoms with Crippen molar-refractivity contribution in [1.29, 1.82) is 0 Å². The molecule has 1 aromatic heterocycles. The van der Waals surface area contributed by atoms with Gasteiger partial charge in [-0.05, 0) is 39.1 Å². The number of hydrogen-bond donors (Lipinski definition) is 0. The Balaban J connectivity index is 2.19. The molecular formula is C13H19NO2S. The summed E-state index contributed by atoms with van der Waals surface area (Å²) in [7, 11) is 0. The maximum Gasteiger partial charge on any atom is 0.264 e. The normalized spacial score (nSPS) is 22.5. The number of rotatable bonds is 1. The Morgan fingerprint density at radius 3 is 2.35 bits per heavy atom. The molecule has 1 amide bonds. The number of ether oxygens (including phenoxy) is 1. The Labute approximate surface area is 106 Å². The van der Waals surface area contributed by atoms with Gasteiger partial charge in [0.15, 0.2) is 0 Å². The van der Waals surface area contributed by atoms with E-state index in [2.05, 4.69) is 0 Å². The SMILES string of the molecule is CC1(C)CN(C(=O)c2cccs2)CC(C)(C)O1. The minimum absolute atomic E-state index is 0.115. The Hall–Kier alpha value is -0.870. The van der Waals surface area contributed by atoms with Gasteiger partial charge in [-0.15, -0.1) is 11.3 Å². The summed E-state index contributed by atoms with van der Waals surface area (Å²) in [6.45, 7) is 9.41. The van der Waals surface area contributed by atoms with Crippen LogP contribution in [0.3, 0.4) is 0 Å². The summed E-state index contributed by atoms with van der Waals surface area (Å²) in [5, 5.41) is 1.93. The number of nitrogens with zero attached hydrogens (tertiary/aromatic N) is 1. The van der Waals surface area contributed by atoms with Crippen molar-refractivity contribution in [3.8, 4) is 0 Å². The highest BCUT2D eigenvalue weighted by Gasteiger charge is 2.40. The predicted octanol–water partition coefficient (Wildman–Crippen LogP) is 2.78. The molecule has 1 aliphatic rings. The molecule has 0 bridgehead atoms. The third kappa shape index (κ3) is 2.87. The Bertz CT molecular complexity index is 393. The first kappa shape index (κ1) is 12.6. The lowest BCUT2D eigenvalue weighted by Gasteiger charge is -2.47. The average molecular weight is 253 g/mol. The van der Waals surface area contributed by atoms with E-state index in [9.17, 15) is 4.79 Å². The summed E-state index contributed by atoms with van der Waals surface area (Å²) < 4.78 is 5.97. The number of carbonyl (C=O) groups is 1. The largest absolute Gasteiger partial charge is 0.366 e. The van der Waals surface area contributed by atoms with E-state index in [4.69, 9.17) is 4.74 Å². The molecule has 0 radical (unpaired) electrons. The fraction of sp³-hybridized carbons (Fsp3) is 0.615. The van der Waals surface area contributed by atoms with Crippen LogP contribution in [0.5, 0.6) is 0 Å². The second-order valence-electron chi connectivity index (χ2n) is 5.76. The minimum atomic E-state index is -0.283. The summed E-state index contributed by atoms with van der Waals surface area (Å²) >= 11 is 1.49. The quantitative estimate of drug-likeness (QED) is 0.770. The van der Waals surface area contributed by atoms with Gasteiger partial charge >= 0.3 is 0 Å². The predicted molar refractivity (Wildman–Crippen MR) is 69.5 cm³/mol. The zero-order valence-electron chi connectivity index (χ0n) is 10.8. The van der Waals surface area contributed by atoms with Crippen LogP contribution >= 0.6 is 11.3 Å². The first-order valence-electron chi connectivity index (χ1n) is 5.82. The Morgan fingerprint density at radius 2 is 1.88 bits per heavy atom. The van der Waals surface area contributed by atoms with E-state index in [1.807, 2.05) is 50.1 Å². The number of carbonyl (C=O) groups excluding carboxylic acids is 1. The van der Waals surface area contributed by atoms with Crippen molar-refractivity contribution in [2.75, 3.05) is 13.1 Å². The van der Waals surface area contributed by atoms with Gasteiger partial charge in [-0.1, -0.05) is 6.07 Å². The number of morpholine rings is 1. The van der Waals surface area contributed by atoms with Crippen molar-refractivity contribution in [1.82, 2.24) is 4.90 Å². The van der Waals surface area contributed by atoms with Crippen molar-refractivity contribution in [2.45, 2.75) is 38.9 Å². The first-order chi connectivity index (χ1) is 7.79. The molecule has 0 saturated carbocycles. The van der Waals surface area contributed by atoms with Crippen LogP contribution in [0.2, 0.25) is 0 Å². The van der Waals surface area contributed by atoms with E-state index in [1.165, 1.54) is 11.3 Å². The molecule has 0 unspecified atom stereocenters. The molecule has 3 nitrogen and oxygen atoms in total. The second kappa shape index (κ2) is 4.10. The van der Waals surface area contributed by atoms with Crippen LogP contribution in [0.15, 0.2) is 17.5 Å². The van der Waals surface area contributed by atoms with Crippen LogP contribution in [-0.4, -0.2) is 35.1 Å². The highest BCUT2D eigenvalue weighted by molar-refractivity contribution is 7.12. The van der Waals surface area contributed by atoms with Gasteiger partial charge in [0.05, 0.1) is 16.1 Å². The van der Waals surface area contributed by atoms with Crippen molar-refractivity contribution >= 4 is 17.2 Å². The van der Waals surface area contributed by atoms with E-state index >= 15 is 0 Å². The third-order valence-electron chi connectivity index (χ3n) is 2.72. The van der Waals surface area contributed by atoms with Crippen LogP contribution in [0.1, 0.15) is 37.4 Å². The molecule has 2 heterocycles. The van der Waals surface area contributed by atoms with Gasteiger partial charge in [-0.2, -0.15) is 0 Å². The van der Waals surface area contributed by atoms with Crippen molar-refractivity contribution in [3.05, 3.63) is 22.4 Å². The summed E-state index contributed by atoms with van der Waals surface area (Å²) in [6.07, 6.45) is 0. The molecule has 1 fully saturated rings. The summed E-state index contributed by atoms with van der Waals surface area (Å²) in [6, 6.07) is 3.79. The topological polar surface area (TPSA) is 29.5 Å². The average Bonchev–Trinajstić information content (AvgIpc) is 2.63. The summed E-state index contributed by atoms with van der Waals surface area (Å²) in [4.78, 5) is 15.0. The molecule has 0 N–H and O–H groups in total. The molecule has 4 heteroatoms. The number of amides is 1. The van der Waals surface area contributed by atoms with E-state index in [1.54, 1.807) is 0 Å². The molecule has 0 spiro atoms. The highest BCUT2D eigenvalue weighted by Crippen LogP contribution is 2.29. The van der Waals surface area contributed by atoms with Crippen LogP contribution in [0, 0.1) is 0 Å². The van der Waals surface area contributed by atoms with Crippen molar-refractivity contribution < 1.29 is 9.53 Å². The van der Waals surface area contributed by atoms with E-state index in [-0.39, 0.29) is 17.1 Å². The molecular weight excluding hydrogens is 234 g/mol. The van der Waals surface area contributed by atoms with Crippen LogP contribution in [0.25, 0.3) is 0 Å². The fourth-order valence-electron chi connectivity index (χ4n) is 2.49. The maximum atomic E-state index is 12.3. The lowest BCUT2D eigenvalue weighted by molar-refractivity contribution is -0.171. The molecule has 0 atom stereocenters. The fourth-order valence-corrected chi connectivity index (χ4v) is 3.18. The Morgan fingerprint density at radius 1 is 1.29 bits per heavy atom. The molecule has 0 aliphatic carbocycles. The maximum absolute atomic E-state index is 12.3. The van der Waals surface area contributed by atoms with E-state index in [0.717, 1.165) is 4.88 Å². The van der Waals surface area contributed by atoms with Gasteiger partial charge in [0.25, 0.3) is 5.91 Å². The van der Waals surface area contributed by atoms with Crippen molar-refractivity contribution in [3.63, 3.8) is 0 Å². The molecule has 2 rings (SSSR count). The van der Waals surface area contributed by atoms with Gasteiger partial charge in [0, 0.05) is 13.1 Å². The monoisotopic (exact) mass is 253 g/mol. The standard InChI is InChI=1S/C13H19NO2S/c1-12(2)8-14(9-13(3,4)16-12)11(15)10-6-5-7-17-10/h5-7H,8-9H2,1-4H3. The van der Waals surface area contributed by atoms with E-state index < -0.39 is 0 Å². The molecule has 1 saturated heterocycles. The number of hydrogen-bond acceptors (Lipinski definition) is 3.